The maximum Gasteiger partial charge on any atom is 0.280 e. The second kappa shape index (κ2) is 11.5. The monoisotopic (exact) mass is 343 g/mol. The topological polar surface area (TPSA) is 145 Å². The third kappa shape index (κ3) is 8.20. The molecule has 1 aromatic rings. The highest BCUT2D eigenvalue weighted by Crippen LogP contribution is 2.16. The van der Waals surface area contributed by atoms with E-state index in [-0.39, 0.29) is 28.4 Å². The fourth-order valence-corrected chi connectivity index (χ4v) is 1.54. The van der Waals surface area contributed by atoms with E-state index in [0.717, 1.165) is 6.42 Å². The van der Waals surface area contributed by atoms with Gasteiger partial charge in [-0.3, -0.25) is 15.1 Å². The predicted octanol–water partition coefficient (Wildman–Crippen LogP) is 1.95. The van der Waals surface area contributed by atoms with Crippen molar-refractivity contribution >= 4 is 35.1 Å². The summed E-state index contributed by atoms with van der Waals surface area (Å²) < 4.78 is 0. The van der Waals surface area contributed by atoms with Crippen molar-refractivity contribution in [2.24, 2.45) is 10.7 Å². The number of carbonyl (C=O) groups is 1. The first-order valence-corrected chi connectivity index (χ1v) is 7.94. The molecule has 0 atom stereocenters. The number of halogens is 1. The summed E-state index contributed by atoms with van der Waals surface area (Å²) in [6.07, 6.45) is 4.89. The van der Waals surface area contributed by atoms with Crippen LogP contribution < -0.4 is 22.5 Å². The highest BCUT2D eigenvalue weighted by atomic mass is 35.5. The van der Waals surface area contributed by atoms with E-state index in [4.69, 9.17) is 28.8 Å². The van der Waals surface area contributed by atoms with Crippen LogP contribution in [0.5, 0.6) is 0 Å². The second-order valence-corrected chi connectivity index (χ2v) is 5.07. The van der Waals surface area contributed by atoms with Gasteiger partial charge in [0.15, 0.2) is 28.4 Å². The zero-order chi connectivity index (χ0) is 17.8. The minimum atomic E-state index is -0.640. The van der Waals surface area contributed by atoms with Crippen molar-refractivity contribution in [2.75, 3.05) is 18.0 Å². The van der Waals surface area contributed by atoms with Crippen LogP contribution in [-0.4, -0.2) is 28.4 Å². The first-order valence-electron chi connectivity index (χ1n) is 7.56. The number of hydrogen-bond acceptors (Lipinski definition) is 6. The van der Waals surface area contributed by atoms with E-state index in [1.165, 1.54) is 19.3 Å². The molecule has 1 rings (SSSR count). The van der Waals surface area contributed by atoms with Gasteiger partial charge in [0.25, 0.3) is 5.91 Å². The van der Waals surface area contributed by atoms with Crippen LogP contribution in [0.2, 0.25) is 5.15 Å². The molecule has 0 unspecified atom stereocenters. The highest BCUT2D eigenvalue weighted by Gasteiger charge is 2.16. The Labute approximate surface area is 141 Å². The number of nitrogen functional groups attached to an aromatic ring is 2. The average molecular weight is 344 g/mol. The minimum absolute atomic E-state index is 0.0176. The Morgan fingerprint density at radius 1 is 1.13 bits per heavy atom. The Morgan fingerprint density at radius 3 is 2.22 bits per heavy atom. The summed E-state index contributed by atoms with van der Waals surface area (Å²) in [5.74, 6) is -0.828. The van der Waals surface area contributed by atoms with Crippen LogP contribution in [0.15, 0.2) is 4.99 Å². The Kier molecular flexibility index (Phi) is 10.4. The lowest BCUT2D eigenvalue weighted by molar-refractivity contribution is 0.0972. The average Bonchev–Trinajstić information content (AvgIpc) is 2.50. The fraction of sp³-hybridized carbons (Fsp3) is 0.571. The van der Waals surface area contributed by atoms with E-state index in [0.29, 0.717) is 6.54 Å². The van der Waals surface area contributed by atoms with Crippen LogP contribution in [0.3, 0.4) is 0 Å². The number of aliphatic imine (C=N–C) groups is 1. The smallest absolute Gasteiger partial charge is 0.280 e. The van der Waals surface area contributed by atoms with Crippen LogP contribution >= 0.6 is 11.6 Å². The number of nitrogens with two attached hydrogens (primary N) is 3. The second-order valence-electron chi connectivity index (χ2n) is 4.71. The van der Waals surface area contributed by atoms with Gasteiger partial charge in [-0.2, -0.15) is 0 Å². The largest absolute Gasteiger partial charge is 0.382 e. The first kappa shape index (κ1) is 20.9. The van der Waals surface area contributed by atoms with Crippen molar-refractivity contribution in [3.63, 3.8) is 0 Å². The first-order chi connectivity index (χ1) is 10.9. The van der Waals surface area contributed by atoms with E-state index in [9.17, 15) is 4.79 Å². The maximum absolute atomic E-state index is 11.7. The normalized spacial score (nSPS) is 10.7. The molecule has 0 aliphatic carbocycles. The molecule has 8 nitrogen and oxygen atoms in total. The molecule has 1 amide bonds. The van der Waals surface area contributed by atoms with E-state index in [2.05, 4.69) is 34.1 Å². The molecule has 0 aromatic carbocycles. The van der Waals surface area contributed by atoms with Crippen LogP contribution in [0.4, 0.5) is 11.6 Å². The Morgan fingerprint density at radius 2 is 1.74 bits per heavy atom. The summed E-state index contributed by atoms with van der Waals surface area (Å²) in [7, 11) is 0. The van der Waals surface area contributed by atoms with Crippen molar-refractivity contribution in [2.45, 2.75) is 46.5 Å². The van der Waals surface area contributed by atoms with Gasteiger partial charge in [0.05, 0.1) is 0 Å². The zero-order valence-corrected chi connectivity index (χ0v) is 14.7. The summed E-state index contributed by atoms with van der Waals surface area (Å²) in [6, 6.07) is 0. The van der Waals surface area contributed by atoms with Crippen molar-refractivity contribution in [1.29, 1.82) is 0 Å². The SMILES string of the molecule is CCCCC.CCCN=C(N)NC(=O)c1nc(Cl)c(N)nc1N. The van der Waals surface area contributed by atoms with Gasteiger partial charge in [-0.05, 0) is 6.42 Å². The number of carbonyl (C=O) groups excluding carboxylic acids is 1. The van der Waals surface area contributed by atoms with Gasteiger partial charge in [-0.25, -0.2) is 9.97 Å². The Balaban J connectivity index is 0.000000841. The number of hydrogen-bond donors (Lipinski definition) is 4. The predicted molar refractivity (Wildman–Crippen MR) is 95.3 cm³/mol. The lowest BCUT2D eigenvalue weighted by Crippen LogP contribution is -2.38. The third-order valence-electron chi connectivity index (χ3n) is 2.57. The van der Waals surface area contributed by atoms with Crippen molar-refractivity contribution in [3.8, 4) is 0 Å². The number of unbranched alkanes of at least 4 members (excludes halogenated alkanes) is 2. The fourth-order valence-electron chi connectivity index (χ4n) is 1.41. The number of rotatable bonds is 5. The lowest BCUT2D eigenvalue weighted by Gasteiger charge is -2.07. The number of amides is 1. The van der Waals surface area contributed by atoms with Crippen LogP contribution in [-0.2, 0) is 0 Å². The molecular weight excluding hydrogens is 318 g/mol. The summed E-state index contributed by atoms with van der Waals surface area (Å²) in [5, 5.41) is 2.23. The molecule has 0 aliphatic rings. The van der Waals surface area contributed by atoms with Crippen molar-refractivity contribution in [1.82, 2.24) is 15.3 Å². The standard InChI is InChI=1S/C9H14ClN7O.C5H12/c1-2-3-14-9(13)17-8(18)4-6(11)16-7(12)5(10)15-4;1-3-5-4-2/h2-3H2,1H3,(H4,11,12,16)(H3,13,14,17,18);3-5H2,1-2H3. The van der Waals surface area contributed by atoms with Crippen LogP contribution in [0, 0.1) is 0 Å². The Bertz CT molecular complexity index is 532. The molecule has 0 saturated heterocycles. The summed E-state index contributed by atoms with van der Waals surface area (Å²) >= 11 is 5.65. The van der Waals surface area contributed by atoms with E-state index in [1.54, 1.807) is 0 Å². The molecule has 1 aromatic heterocycles. The number of aromatic nitrogens is 2. The molecule has 0 fully saturated rings. The molecule has 0 bridgehead atoms. The van der Waals surface area contributed by atoms with Gasteiger partial charge in [-0.15, -0.1) is 0 Å². The van der Waals surface area contributed by atoms with E-state index in [1.807, 2.05) is 6.92 Å². The van der Waals surface area contributed by atoms with E-state index >= 15 is 0 Å². The molecule has 0 aliphatic heterocycles. The molecule has 9 heteroatoms. The summed E-state index contributed by atoms with van der Waals surface area (Å²) in [6.45, 7) is 6.87. The number of nitrogens with zero attached hydrogens (tertiary/aromatic N) is 3. The van der Waals surface area contributed by atoms with Gasteiger partial charge in [0, 0.05) is 6.54 Å². The number of guanidine groups is 1. The van der Waals surface area contributed by atoms with Crippen LogP contribution in [0.1, 0.15) is 56.9 Å². The summed E-state index contributed by atoms with van der Waals surface area (Å²) in [4.78, 5) is 23.1. The maximum atomic E-state index is 11.7. The van der Waals surface area contributed by atoms with Crippen molar-refractivity contribution in [3.05, 3.63) is 10.8 Å². The van der Waals surface area contributed by atoms with Gasteiger partial charge in [-0.1, -0.05) is 51.6 Å². The quantitative estimate of drug-likeness (QED) is 0.474. The minimum Gasteiger partial charge on any atom is -0.382 e. The molecular formula is C14H26ClN7O. The molecule has 130 valence electrons. The van der Waals surface area contributed by atoms with Gasteiger partial charge < -0.3 is 17.2 Å². The van der Waals surface area contributed by atoms with Gasteiger partial charge in [0.2, 0.25) is 0 Å². The van der Waals surface area contributed by atoms with E-state index < -0.39 is 5.91 Å². The third-order valence-corrected chi connectivity index (χ3v) is 2.85. The Hall–Kier alpha value is -2.09. The summed E-state index contributed by atoms with van der Waals surface area (Å²) in [5.41, 5.74) is 16.2. The zero-order valence-electron chi connectivity index (χ0n) is 13.9. The van der Waals surface area contributed by atoms with Crippen LogP contribution in [0.25, 0.3) is 0 Å². The van der Waals surface area contributed by atoms with Crippen molar-refractivity contribution < 1.29 is 4.79 Å². The lowest BCUT2D eigenvalue weighted by atomic mass is 10.3. The molecule has 0 saturated carbocycles. The molecule has 0 radical (unpaired) electrons. The highest BCUT2D eigenvalue weighted by molar-refractivity contribution is 6.31. The van der Waals surface area contributed by atoms with Gasteiger partial charge >= 0.3 is 0 Å². The van der Waals surface area contributed by atoms with Gasteiger partial charge in [0.1, 0.15) is 0 Å². The number of nitrogens with one attached hydrogen (secondary N) is 1. The molecule has 0 spiro atoms. The molecule has 23 heavy (non-hydrogen) atoms. The number of anilines is 2. The molecule has 7 N–H and O–H groups in total. The molecule has 1 heterocycles.